The number of nitrogens with zero attached hydrogens (tertiary/aromatic N) is 1. The number of nitrogens with one attached hydrogen (secondary N) is 1. The molecule has 1 fully saturated rings. The molecule has 1 aromatic rings. The molecular weight excluding hydrogens is 384 g/mol. The molecule has 1 saturated heterocycles. The zero-order chi connectivity index (χ0) is 14.9. The molecule has 0 bridgehead atoms. The van der Waals surface area contributed by atoms with Gasteiger partial charge in [-0.2, -0.15) is 0 Å². The van der Waals surface area contributed by atoms with Gasteiger partial charge >= 0.3 is 0 Å². The molecular formula is C15H22Br2N2O. The quantitative estimate of drug-likeness (QED) is 0.782. The van der Waals surface area contributed by atoms with Gasteiger partial charge in [0.1, 0.15) is 5.75 Å². The van der Waals surface area contributed by atoms with Crippen LogP contribution in [-0.4, -0.2) is 36.2 Å². The van der Waals surface area contributed by atoms with Gasteiger partial charge in [-0.15, -0.1) is 0 Å². The largest absolute Gasteiger partial charge is 0.506 e. The van der Waals surface area contributed by atoms with Gasteiger partial charge in [-0.3, -0.25) is 4.90 Å². The van der Waals surface area contributed by atoms with E-state index in [-0.39, 0.29) is 11.5 Å². The minimum absolute atomic E-state index is 0.0506. The summed E-state index contributed by atoms with van der Waals surface area (Å²) in [7, 11) is 0. The van der Waals surface area contributed by atoms with Crippen LogP contribution in [0, 0.1) is 5.41 Å². The van der Waals surface area contributed by atoms with E-state index in [1.54, 1.807) is 0 Å². The Bertz CT molecular complexity index is 479. The molecule has 1 aliphatic heterocycles. The second-order valence-electron chi connectivity index (χ2n) is 6.38. The highest BCUT2D eigenvalue weighted by molar-refractivity contribution is 9.11. The Morgan fingerprint density at radius 3 is 2.35 bits per heavy atom. The fourth-order valence-corrected chi connectivity index (χ4v) is 4.20. The van der Waals surface area contributed by atoms with Crippen LogP contribution in [0.15, 0.2) is 21.1 Å². The summed E-state index contributed by atoms with van der Waals surface area (Å²) in [5.41, 5.74) is 1.04. The van der Waals surface area contributed by atoms with Crippen LogP contribution in [0.5, 0.6) is 5.75 Å². The molecule has 1 atom stereocenters. The van der Waals surface area contributed by atoms with Crippen molar-refractivity contribution in [3.05, 3.63) is 26.6 Å². The third-order valence-electron chi connectivity index (χ3n) is 3.69. The summed E-state index contributed by atoms with van der Waals surface area (Å²) in [5.74, 6) is 0.353. The van der Waals surface area contributed by atoms with Crippen LogP contribution < -0.4 is 5.32 Å². The Kier molecular flexibility index (Phi) is 5.16. The maximum atomic E-state index is 10.5. The van der Waals surface area contributed by atoms with Crippen molar-refractivity contribution in [2.75, 3.05) is 26.2 Å². The first-order chi connectivity index (χ1) is 9.30. The first-order valence-electron chi connectivity index (χ1n) is 6.93. The van der Waals surface area contributed by atoms with Gasteiger partial charge in [0.25, 0.3) is 0 Å². The number of phenolic OH excluding ortho intramolecular Hbond substituents is 1. The minimum Gasteiger partial charge on any atom is -0.506 e. The van der Waals surface area contributed by atoms with Gasteiger partial charge in [-0.1, -0.05) is 36.7 Å². The van der Waals surface area contributed by atoms with Crippen molar-refractivity contribution in [2.24, 2.45) is 5.41 Å². The highest BCUT2D eigenvalue weighted by Crippen LogP contribution is 2.45. The highest BCUT2D eigenvalue weighted by Gasteiger charge is 2.34. The molecule has 1 heterocycles. The van der Waals surface area contributed by atoms with Crippen molar-refractivity contribution in [2.45, 2.75) is 26.8 Å². The summed E-state index contributed by atoms with van der Waals surface area (Å²) in [4.78, 5) is 2.46. The number of benzene rings is 1. The van der Waals surface area contributed by atoms with Gasteiger partial charge in [0, 0.05) is 42.3 Å². The Balaban J connectivity index is 2.46. The van der Waals surface area contributed by atoms with Crippen molar-refractivity contribution in [1.29, 1.82) is 0 Å². The van der Waals surface area contributed by atoms with E-state index in [0.717, 1.165) is 40.7 Å². The molecule has 0 unspecified atom stereocenters. The predicted molar refractivity (Wildman–Crippen MR) is 90.1 cm³/mol. The van der Waals surface area contributed by atoms with E-state index in [4.69, 9.17) is 0 Å². The average Bonchev–Trinajstić information content (AvgIpc) is 2.35. The van der Waals surface area contributed by atoms with E-state index < -0.39 is 0 Å². The maximum absolute atomic E-state index is 10.5. The summed E-state index contributed by atoms with van der Waals surface area (Å²) in [6.07, 6.45) is 0. The molecule has 5 heteroatoms. The van der Waals surface area contributed by atoms with E-state index in [9.17, 15) is 5.11 Å². The third-order valence-corrected chi connectivity index (χ3v) is 4.75. The molecule has 2 N–H and O–H groups in total. The molecule has 2 rings (SSSR count). The lowest BCUT2D eigenvalue weighted by Gasteiger charge is -2.43. The second kappa shape index (κ2) is 6.34. The van der Waals surface area contributed by atoms with Crippen LogP contribution >= 0.6 is 31.9 Å². The lowest BCUT2D eigenvalue weighted by atomic mass is 9.80. The zero-order valence-electron chi connectivity index (χ0n) is 12.2. The molecule has 0 saturated carbocycles. The maximum Gasteiger partial charge on any atom is 0.134 e. The molecule has 112 valence electrons. The lowest BCUT2D eigenvalue weighted by Crippen LogP contribution is -2.48. The van der Waals surface area contributed by atoms with Crippen LogP contribution in [0.1, 0.15) is 32.4 Å². The first-order valence-corrected chi connectivity index (χ1v) is 8.52. The Morgan fingerprint density at radius 1 is 1.20 bits per heavy atom. The van der Waals surface area contributed by atoms with Crippen LogP contribution in [0.25, 0.3) is 0 Å². The smallest absolute Gasteiger partial charge is 0.134 e. The van der Waals surface area contributed by atoms with E-state index in [1.165, 1.54) is 0 Å². The number of hydrogen-bond donors (Lipinski definition) is 2. The summed E-state index contributed by atoms with van der Waals surface area (Å²) in [5, 5.41) is 13.9. The summed E-state index contributed by atoms with van der Waals surface area (Å²) < 4.78 is 1.73. The van der Waals surface area contributed by atoms with Gasteiger partial charge < -0.3 is 10.4 Å². The van der Waals surface area contributed by atoms with Crippen LogP contribution in [0.3, 0.4) is 0 Å². The lowest BCUT2D eigenvalue weighted by molar-refractivity contribution is 0.0841. The van der Waals surface area contributed by atoms with Crippen LogP contribution in [-0.2, 0) is 0 Å². The molecule has 3 nitrogen and oxygen atoms in total. The summed E-state index contributed by atoms with van der Waals surface area (Å²) >= 11 is 6.98. The number of phenols is 1. The molecule has 1 aromatic carbocycles. The molecule has 0 aromatic heterocycles. The van der Waals surface area contributed by atoms with Crippen molar-refractivity contribution < 1.29 is 5.11 Å². The highest BCUT2D eigenvalue weighted by atomic mass is 79.9. The predicted octanol–water partition coefficient (Wildman–Crippen LogP) is 3.91. The monoisotopic (exact) mass is 404 g/mol. The Hall–Kier alpha value is -0.100. The third kappa shape index (κ3) is 3.56. The molecule has 0 amide bonds. The van der Waals surface area contributed by atoms with E-state index in [0.29, 0.717) is 5.75 Å². The van der Waals surface area contributed by atoms with E-state index in [1.807, 2.05) is 12.1 Å². The van der Waals surface area contributed by atoms with Crippen LogP contribution in [0.4, 0.5) is 0 Å². The molecule has 1 aliphatic rings. The standard InChI is InChI=1S/C15H22Br2N2O/c1-15(2,3)14(19-6-4-18-5-7-19)11-8-10(16)9-12(17)13(11)20/h8-9,14,18,20H,4-7H2,1-3H3/t14-/m0/s1. The fraction of sp³-hybridized carbons (Fsp3) is 0.600. The average molecular weight is 406 g/mol. The minimum atomic E-state index is 0.0506. The molecule has 0 radical (unpaired) electrons. The summed E-state index contributed by atoms with van der Waals surface area (Å²) in [6.45, 7) is 10.7. The van der Waals surface area contributed by atoms with Gasteiger partial charge in [-0.05, 0) is 33.5 Å². The van der Waals surface area contributed by atoms with Crippen molar-refractivity contribution in [3.8, 4) is 5.75 Å². The number of piperazine rings is 1. The molecule has 20 heavy (non-hydrogen) atoms. The first kappa shape index (κ1) is 16.3. The second-order valence-corrected chi connectivity index (χ2v) is 8.15. The molecule has 0 spiro atoms. The molecule has 0 aliphatic carbocycles. The number of hydrogen-bond acceptors (Lipinski definition) is 3. The van der Waals surface area contributed by atoms with E-state index >= 15 is 0 Å². The number of aromatic hydroxyl groups is 1. The SMILES string of the molecule is CC(C)(C)[C@H](c1cc(Br)cc(Br)c1O)N1CCNCC1. The van der Waals surface area contributed by atoms with Crippen LogP contribution in [0.2, 0.25) is 0 Å². The summed E-state index contributed by atoms with van der Waals surface area (Å²) in [6, 6.07) is 4.12. The van der Waals surface area contributed by atoms with E-state index in [2.05, 4.69) is 62.8 Å². The van der Waals surface area contributed by atoms with Gasteiger partial charge in [0.2, 0.25) is 0 Å². The van der Waals surface area contributed by atoms with Gasteiger partial charge in [0.05, 0.1) is 4.47 Å². The number of rotatable bonds is 2. The Morgan fingerprint density at radius 2 is 1.80 bits per heavy atom. The normalized spacial score (nSPS) is 19.1. The number of halogens is 2. The van der Waals surface area contributed by atoms with Crippen molar-refractivity contribution in [3.63, 3.8) is 0 Å². The van der Waals surface area contributed by atoms with Gasteiger partial charge in [0.15, 0.2) is 0 Å². The fourth-order valence-electron chi connectivity index (χ4n) is 2.95. The zero-order valence-corrected chi connectivity index (χ0v) is 15.4. The Labute approximate surface area is 138 Å². The van der Waals surface area contributed by atoms with Crippen molar-refractivity contribution >= 4 is 31.9 Å². The van der Waals surface area contributed by atoms with Gasteiger partial charge in [-0.25, -0.2) is 0 Å². The topological polar surface area (TPSA) is 35.5 Å². The van der Waals surface area contributed by atoms with Crippen molar-refractivity contribution in [1.82, 2.24) is 10.2 Å².